The second-order valence-corrected chi connectivity index (χ2v) is 9.90. The molecule has 2 atom stereocenters. The lowest BCUT2D eigenvalue weighted by molar-refractivity contribution is -0.116. The molecule has 0 heterocycles. The summed E-state index contributed by atoms with van der Waals surface area (Å²) in [6, 6.07) is 3.63. The summed E-state index contributed by atoms with van der Waals surface area (Å²) in [7, 11) is 1.99. The average Bonchev–Trinajstić information content (AvgIpc) is 2.49. The van der Waals surface area contributed by atoms with Gasteiger partial charge in [0.1, 0.15) is 12.5 Å². The lowest BCUT2D eigenvalue weighted by Gasteiger charge is -2.34. The maximum atomic E-state index is 6.14. The van der Waals surface area contributed by atoms with Crippen LogP contribution in [0.3, 0.4) is 0 Å². The molecule has 0 saturated heterocycles. The smallest absolute Gasteiger partial charge is 0.192 e. The molecule has 0 aliphatic rings. The van der Waals surface area contributed by atoms with E-state index in [4.69, 9.17) is 13.9 Å². The molecular weight excluding hydrogens is 270 g/mol. The molecule has 0 aromatic carbocycles. The summed E-state index contributed by atoms with van der Waals surface area (Å²) in [6.07, 6.45) is 1.31. The highest BCUT2D eigenvalue weighted by Gasteiger charge is 2.30. The topological polar surface area (TPSA) is 30.9 Å². The van der Waals surface area contributed by atoms with Gasteiger partial charge < -0.3 is 13.9 Å². The van der Waals surface area contributed by atoms with Crippen molar-refractivity contribution >= 4 is 8.32 Å². The lowest BCUT2D eigenvalue weighted by Crippen LogP contribution is -2.44. The van der Waals surface area contributed by atoms with E-state index >= 15 is 0 Å². The van der Waals surface area contributed by atoms with Gasteiger partial charge in [-0.2, -0.15) is 0 Å². The third-order valence-corrected chi connectivity index (χ3v) is 9.15. The van der Waals surface area contributed by atoms with Crippen LogP contribution in [0.2, 0.25) is 18.1 Å². The van der Waals surface area contributed by atoms with Gasteiger partial charge >= 0.3 is 0 Å². The Balaban J connectivity index is 4.47. The molecule has 4 nitrogen and oxygen atoms in total. The largest absolute Gasteiger partial charge is 0.417 e. The SMILES string of the molecule is CCO[Si](CC)(CC)CCCN(C(C)OC)C(C)OC. The quantitative estimate of drug-likeness (QED) is 0.406. The first kappa shape index (κ1) is 20.1. The summed E-state index contributed by atoms with van der Waals surface area (Å²) in [5.41, 5.74) is 0. The van der Waals surface area contributed by atoms with Gasteiger partial charge in [-0.25, -0.2) is 0 Å². The molecule has 122 valence electrons. The van der Waals surface area contributed by atoms with Crippen molar-refractivity contribution in [2.75, 3.05) is 27.4 Å². The Labute approximate surface area is 126 Å². The Morgan fingerprint density at radius 1 is 0.950 bits per heavy atom. The van der Waals surface area contributed by atoms with Crippen molar-refractivity contribution < 1.29 is 13.9 Å². The third kappa shape index (κ3) is 6.22. The Morgan fingerprint density at radius 2 is 1.45 bits per heavy atom. The monoisotopic (exact) mass is 305 g/mol. The van der Waals surface area contributed by atoms with Crippen LogP contribution < -0.4 is 0 Å². The molecular formula is C15H35NO3Si. The maximum Gasteiger partial charge on any atom is 0.192 e. The predicted octanol–water partition coefficient (Wildman–Crippen LogP) is 3.69. The number of hydrogen-bond acceptors (Lipinski definition) is 4. The molecule has 0 aromatic heterocycles. The Bertz CT molecular complexity index is 227. The van der Waals surface area contributed by atoms with Gasteiger partial charge in [-0.05, 0) is 45.3 Å². The minimum absolute atomic E-state index is 0.0800. The first-order valence-corrected chi connectivity index (χ1v) is 10.5. The van der Waals surface area contributed by atoms with E-state index in [1.807, 2.05) is 0 Å². The van der Waals surface area contributed by atoms with Crippen molar-refractivity contribution in [3.63, 3.8) is 0 Å². The highest BCUT2D eigenvalue weighted by Crippen LogP contribution is 2.24. The van der Waals surface area contributed by atoms with Crippen molar-refractivity contribution in [1.29, 1.82) is 0 Å². The zero-order valence-corrected chi connectivity index (χ0v) is 15.6. The van der Waals surface area contributed by atoms with Gasteiger partial charge in [0.05, 0.1) is 0 Å². The molecule has 5 heteroatoms. The van der Waals surface area contributed by atoms with Crippen LogP contribution in [0.4, 0.5) is 0 Å². The molecule has 0 fully saturated rings. The van der Waals surface area contributed by atoms with E-state index < -0.39 is 8.32 Å². The van der Waals surface area contributed by atoms with Gasteiger partial charge in [-0.3, -0.25) is 4.90 Å². The first-order chi connectivity index (χ1) is 9.50. The fourth-order valence-corrected chi connectivity index (χ4v) is 5.87. The highest BCUT2D eigenvalue weighted by atomic mass is 28.4. The number of nitrogens with zero attached hydrogens (tertiary/aromatic N) is 1. The minimum atomic E-state index is -1.51. The molecule has 0 radical (unpaired) electrons. The summed E-state index contributed by atoms with van der Waals surface area (Å²) in [5.74, 6) is 0. The number of hydrogen-bond donors (Lipinski definition) is 0. The maximum absolute atomic E-state index is 6.14. The van der Waals surface area contributed by atoms with E-state index in [9.17, 15) is 0 Å². The van der Waals surface area contributed by atoms with Crippen molar-refractivity contribution in [3.05, 3.63) is 0 Å². The Kier molecular flexibility index (Phi) is 10.8. The van der Waals surface area contributed by atoms with Crippen LogP contribution in [0, 0.1) is 0 Å². The average molecular weight is 306 g/mol. The summed E-state index contributed by atoms with van der Waals surface area (Å²) >= 11 is 0. The molecule has 0 amide bonds. The van der Waals surface area contributed by atoms with E-state index in [0.717, 1.165) is 19.6 Å². The van der Waals surface area contributed by atoms with Crippen LogP contribution in [0.5, 0.6) is 0 Å². The molecule has 20 heavy (non-hydrogen) atoms. The fraction of sp³-hybridized carbons (Fsp3) is 1.00. The third-order valence-electron chi connectivity index (χ3n) is 4.40. The Hall–Kier alpha value is 0.0569. The molecule has 0 rings (SSSR count). The van der Waals surface area contributed by atoms with E-state index in [0.29, 0.717) is 0 Å². The van der Waals surface area contributed by atoms with Crippen molar-refractivity contribution in [3.8, 4) is 0 Å². The van der Waals surface area contributed by atoms with Crippen molar-refractivity contribution in [1.82, 2.24) is 4.90 Å². The standard InChI is InChI=1S/C15H35NO3Si/c1-8-19-20(9-2,10-3)13-11-12-16(14(4)17-6)15(5)18-7/h14-15H,8-13H2,1-7H3. The fourth-order valence-electron chi connectivity index (χ4n) is 2.70. The molecule has 0 spiro atoms. The normalized spacial score (nSPS) is 15.6. The molecule has 0 bridgehead atoms. The first-order valence-electron chi connectivity index (χ1n) is 7.95. The van der Waals surface area contributed by atoms with Gasteiger partial charge in [-0.15, -0.1) is 0 Å². The van der Waals surface area contributed by atoms with Crippen LogP contribution in [-0.4, -0.2) is 53.0 Å². The van der Waals surface area contributed by atoms with Crippen LogP contribution >= 0.6 is 0 Å². The van der Waals surface area contributed by atoms with E-state index in [1.54, 1.807) is 14.2 Å². The number of ether oxygens (including phenoxy) is 2. The molecule has 0 aromatic rings. The second kappa shape index (κ2) is 10.7. The zero-order valence-electron chi connectivity index (χ0n) is 14.6. The molecule has 0 aliphatic heterocycles. The van der Waals surface area contributed by atoms with Gasteiger partial charge in [0.15, 0.2) is 8.32 Å². The molecule has 0 N–H and O–H groups in total. The van der Waals surface area contributed by atoms with Gasteiger partial charge in [0.25, 0.3) is 0 Å². The second-order valence-electron chi connectivity index (χ2n) is 5.33. The summed E-state index contributed by atoms with van der Waals surface area (Å²) in [6.45, 7) is 12.6. The van der Waals surface area contributed by atoms with Crippen LogP contribution in [-0.2, 0) is 13.9 Å². The summed E-state index contributed by atoms with van der Waals surface area (Å²) in [4.78, 5) is 2.26. The van der Waals surface area contributed by atoms with Gasteiger partial charge in [0, 0.05) is 27.4 Å². The van der Waals surface area contributed by atoms with Gasteiger partial charge in [-0.1, -0.05) is 13.8 Å². The predicted molar refractivity (Wildman–Crippen MR) is 87.4 cm³/mol. The number of rotatable bonds is 12. The van der Waals surface area contributed by atoms with Crippen LogP contribution in [0.1, 0.15) is 41.0 Å². The minimum Gasteiger partial charge on any atom is -0.417 e. The molecule has 2 unspecified atom stereocenters. The molecule has 0 aliphatic carbocycles. The highest BCUT2D eigenvalue weighted by molar-refractivity contribution is 6.73. The number of methoxy groups -OCH3 is 2. The lowest BCUT2D eigenvalue weighted by atomic mass is 10.3. The van der Waals surface area contributed by atoms with E-state index in [2.05, 4.69) is 39.5 Å². The molecule has 0 saturated carbocycles. The van der Waals surface area contributed by atoms with Crippen LogP contribution in [0.25, 0.3) is 0 Å². The van der Waals surface area contributed by atoms with Crippen molar-refractivity contribution in [2.45, 2.75) is 71.6 Å². The van der Waals surface area contributed by atoms with Crippen LogP contribution in [0.15, 0.2) is 0 Å². The summed E-state index contributed by atoms with van der Waals surface area (Å²) in [5, 5.41) is 0. The zero-order chi connectivity index (χ0) is 15.6. The van der Waals surface area contributed by atoms with E-state index in [-0.39, 0.29) is 12.5 Å². The van der Waals surface area contributed by atoms with Gasteiger partial charge in [0.2, 0.25) is 0 Å². The Morgan fingerprint density at radius 3 is 1.80 bits per heavy atom. The van der Waals surface area contributed by atoms with E-state index in [1.165, 1.54) is 18.1 Å². The summed E-state index contributed by atoms with van der Waals surface area (Å²) < 4.78 is 17.0. The van der Waals surface area contributed by atoms with Crippen molar-refractivity contribution in [2.24, 2.45) is 0 Å².